The smallest absolute Gasteiger partial charge is 0.323 e. The Labute approximate surface area is 135 Å². The third-order valence-electron chi connectivity index (χ3n) is 3.59. The van der Waals surface area contributed by atoms with Crippen LogP contribution in [0.25, 0.3) is 0 Å². The number of carboxylic acid groups (broad SMARTS) is 1. The molecule has 5 heteroatoms. The normalized spacial score (nSPS) is 10.4. The summed E-state index contributed by atoms with van der Waals surface area (Å²) in [5.74, 6) is -1.41. The van der Waals surface area contributed by atoms with E-state index in [0.29, 0.717) is 17.8 Å². The third kappa shape index (κ3) is 3.96. The Morgan fingerprint density at radius 1 is 1.13 bits per heavy atom. The third-order valence-corrected chi connectivity index (χ3v) is 3.59. The maximum absolute atomic E-state index is 12.8. The molecule has 0 saturated carbocycles. The Kier molecular flexibility index (Phi) is 5.13. The summed E-state index contributed by atoms with van der Waals surface area (Å²) in [4.78, 5) is 25.3. The number of aliphatic carboxylic acids is 1. The van der Waals surface area contributed by atoms with E-state index in [1.165, 1.54) is 4.90 Å². The summed E-state index contributed by atoms with van der Waals surface area (Å²) < 4.78 is 0. The van der Waals surface area contributed by atoms with Crippen LogP contribution < -0.4 is 10.6 Å². The zero-order valence-corrected chi connectivity index (χ0v) is 13.2. The average Bonchev–Trinajstić information content (AvgIpc) is 2.52. The van der Waals surface area contributed by atoms with Gasteiger partial charge in [0.05, 0.1) is 0 Å². The van der Waals surface area contributed by atoms with Crippen LogP contribution in [0.5, 0.6) is 0 Å². The Bertz CT molecular complexity index is 741. The summed E-state index contributed by atoms with van der Waals surface area (Å²) >= 11 is 0. The highest BCUT2D eigenvalue weighted by Gasteiger charge is 2.22. The van der Waals surface area contributed by atoms with Crippen molar-refractivity contribution in [3.8, 4) is 0 Å². The van der Waals surface area contributed by atoms with Gasteiger partial charge in [0.1, 0.15) is 6.54 Å². The van der Waals surface area contributed by atoms with E-state index in [1.54, 1.807) is 24.3 Å². The molecular weight excluding hydrogens is 292 g/mol. The molecule has 0 heterocycles. The van der Waals surface area contributed by atoms with Gasteiger partial charge in [-0.15, -0.1) is 0 Å². The molecule has 2 aromatic rings. The van der Waals surface area contributed by atoms with Crippen LogP contribution in [-0.4, -0.2) is 23.5 Å². The predicted octanol–water partition coefficient (Wildman–Crippen LogP) is 2.49. The molecule has 0 aliphatic rings. The second-order valence-corrected chi connectivity index (χ2v) is 5.48. The SMILES string of the molecule is Cc1ccc(N(CC(=O)O)C(=O)c2cccc(CN)c2)c(C)c1. The minimum absolute atomic E-state index is 0.323. The van der Waals surface area contributed by atoms with Crippen molar-refractivity contribution in [2.75, 3.05) is 11.4 Å². The molecule has 23 heavy (non-hydrogen) atoms. The Morgan fingerprint density at radius 3 is 2.48 bits per heavy atom. The van der Waals surface area contributed by atoms with E-state index in [9.17, 15) is 14.7 Å². The maximum Gasteiger partial charge on any atom is 0.323 e. The van der Waals surface area contributed by atoms with Crippen LogP contribution in [0, 0.1) is 13.8 Å². The first-order chi connectivity index (χ1) is 10.9. The van der Waals surface area contributed by atoms with Gasteiger partial charge in [-0.05, 0) is 43.2 Å². The number of nitrogens with zero attached hydrogens (tertiary/aromatic N) is 1. The van der Waals surface area contributed by atoms with E-state index in [-0.39, 0.29) is 5.91 Å². The van der Waals surface area contributed by atoms with Gasteiger partial charge in [0.15, 0.2) is 0 Å². The van der Waals surface area contributed by atoms with Crippen LogP contribution in [0.4, 0.5) is 5.69 Å². The number of carbonyl (C=O) groups is 2. The molecule has 2 aromatic carbocycles. The van der Waals surface area contributed by atoms with Gasteiger partial charge in [0.25, 0.3) is 5.91 Å². The molecule has 2 rings (SSSR count). The number of rotatable bonds is 5. The molecule has 5 nitrogen and oxygen atoms in total. The summed E-state index contributed by atoms with van der Waals surface area (Å²) in [6.07, 6.45) is 0. The highest BCUT2D eigenvalue weighted by atomic mass is 16.4. The lowest BCUT2D eigenvalue weighted by Crippen LogP contribution is -2.36. The zero-order chi connectivity index (χ0) is 17.0. The fourth-order valence-corrected chi connectivity index (χ4v) is 2.50. The van der Waals surface area contributed by atoms with Crippen LogP contribution in [-0.2, 0) is 11.3 Å². The topological polar surface area (TPSA) is 83.6 Å². The predicted molar refractivity (Wildman–Crippen MR) is 89.6 cm³/mol. The molecule has 0 aliphatic heterocycles. The van der Waals surface area contributed by atoms with E-state index in [4.69, 9.17) is 5.73 Å². The van der Waals surface area contributed by atoms with Gasteiger partial charge in [-0.25, -0.2) is 0 Å². The number of benzene rings is 2. The van der Waals surface area contributed by atoms with Gasteiger partial charge in [0, 0.05) is 17.8 Å². The summed E-state index contributed by atoms with van der Waals surface area (Å²) in [7, 11) is 0. The number of anilines is 1. The number of carbonyl (C=O) groups excluding carboxylic acids is 1. The van der Waals surface area contributed by atoms with E-state index >= 15 is 0 Å². The van der Waals surface area contributed by atoms with Crippen molar-refractivity contribution < 1.29 is 14.7 Å². The van der Waals surface area contributed by atoms with Crippen molar-refractivity contribution in [1.29, 1.82) is 0 Å². The number of hydrogen-bond donors (Lipinski definition) is 2. The number of amides is 1. The Morgan fingerprint density at radius 2 is 1.87 bits per heavy atom. The lowest BCUT2D eigenvalue weighted by molar-refractivity contribution is -0.135. The number of nitrogens with two attached hydrogens (primary N) is 1. The quantitative estimate of drug-likeness (QED) is 0.888. The van der Waals surface area contributed by atoms with Gasteiger partial charge in [-0.1, -0.05) is 29.8 Å². The first-order valence-corrected chi connectivity index (χ1v) is 7.32. The lowest BCUT2D eigenvalue weighted by atomic mass is 10.1. The second kappa shape index (κ2) is 7.07. The molecule has 0 spiro atoms. The lowest BCUT2D eigenvalue weighted by Gasteiger charge is -2.23. The summed E-state index contributed by atoms with van der Waals surface area (Å²) in [5.41, 5.74) is 9.37. The molecule has 0 aromatic heterocycles. The minimum atomic E-state index is -1.06. The monoisotopic (exact) mass is 312 g/mol. The first-order valence-electron chi connectivity index (χ1n) is 7.32. The van der Waals surface area contributed by atoms with Crippen LogP contribution in [0.3, 0.4) is 0 Å². The molecule has 0 atom stereocenters. The highest BCUT2D eigenvalue weighted by molar-refractivity contribution is 6.08. The highest BCUT2D eigenvalue weighted by Crippen LogP contribution is 2.23. The molecular formula is C18H20N2O3. The van der Waals surface area contributed by atoms with Gasteiger partial charge in [-0.3, -0.25) is 14.5 Å². The van der Waals surface area contributed by atoms with E-state index < -0.39 is 12.5 Å². The summed E-state index contributed by atoms with van der Waals surface area (Å²) in [5, 5.41) is 9.17. The van der Waals surface area contributed by atoms with Gasteiger partial charge in [-0.2, -0.15) is 0 Å². The van der Waals surface area contributed by atoms with Crippen molar-refractivity contribution in [3.63, 3.8) is 0 Å². The summed E-state index contributed by atoms with van der Waals surface area (Å²) in [6.45, 7) is 3.74. The van der Waals surface area contributed by atoms with Crippen LogP contribution in [0.1, 0.15) is 27.0 Å². The van der Waals surface area contributed by atoms with Crippen molar-refractivity contribution in [3.05, 3.63) is 64.7 Å². The number of hydrogen-bond acceptors (Lipinski definition) is 3. The molecule has 0 saturated heterocycles. The fraction of sp³-hybridized carbons (Fsp3) is 0.222. The fourth-order valence-electron chi connectivity index (χ4n) is 2.50. The molecule has 0 bridgehead atoms. The van der Waals surface area contributed by atoms with E-state index in [0.717, 1.165) is 16.7 Å². The van der Waals surface area contributed by atoms with Crippen molar-refractivity contribution in [2.24, 2.45) is 5.73 Å². The minimum Gasteiger partial charge on any atom is -0.480 e. The second-order valence-electron chi connectivity index (χ2n) is 5.48. The number of aryl methyl sites for hydroxylation is 2. The van der Waals surface area contributed by atoms with Crippen molar-refractivity contribution in [1.82, 2.24) is 0 Å². The molecule has 1 amide bonds. The van der Waals surface area contributed by atoms with E-state index in [2.05, 4.69) is 0 Å². The van der Waals surface area contributed by atoms with Crippen LogP contribution in [0.15, 0.2) is 42.5 Å². The molecule has 3 N–H and O–H groups in total. The van der Waals surface area contributed by atoms with Gasteiger partial charge < -0.3 is 10.8 Å². The van der Waals surface area contributed by atoms with Crippen LogP contribution >= 0.6 is 0 Å². The summed E-state index contributed by atoms with van der Waals surface area (Å²) in [6, 6.07) is 12.5. The average molecular weight is 312 g/mol. The molecule has 0 fully saturated rings. The van der Waals surface area contributed by atoms with Crippen LogP contribution in [0.2, 0.25) is 0 Å². The molecule has 120 valence electrons. The van der Waals surface area contributed by atoms with Crippen molar-refractivity contribution >= 4 is 17.6 Å². The standard InChI is InChI=1S/C18H20N2O3/c1-12-6-7-16(13(2)8-12)20(11-17(21)22)18(23)15-5-3-4-14(9-15)10-19/h3-9H,10-11,19H2,1-2H3,(H,21,22). The maximum atomic E-state index is 12.8. The van der Waals surface area contributed by atoms with Gasteiger partial charge >= 0.3 is 5.97 Å². The zero-order valence-electron chi connectivity index (χ0n) is 13.2. The van der Waals surface area contributed by atoms with Crippen molar-refractivity contribution in [2.45, 2.75) is 20.4 Å². The Hall–Kier alpha value is -2.66. The molecule has 0 unspecified atom stereocenters. The van der Waals surface area contributed by atoms with E-state index in [1.807, 2.05) is 32.0 Å². The van der Waals surface area contributed by atoms with Gasteiger partial charge in [0.2, 0.25) is 0 Å². The Balaban J connectivity index is 2.45. The number of carboxylic acids is 1. The first kappa shape index (κ1) is 16.7. The molecule has 0 radical (unpaired) electrons. The largest absolute Gasteiger partial charge is 0.480 e. The molecule has 0 aliphatic carbocycles.